The average Bonchev–Trinajstić information content (AvgIpc) is 3.88. The number of anilines is 1. The van der Waals surface area contributed by atoms with Crippen molar-refractivity contribution in [3.05, 3.63) is 94.8 Å². The van der Waals surface area contributed by atoms with Gasteiger partial charge in [-0.3, -0.25) is 29.3 Å². The van der Waals surface area contributed by atoms with Gasteiger partial charge in [-0.1, -0.05) is 31.4 Å². The van der Waals surface area contributed by atoms with Crippen molar-refractivity contribution < 1.29 is 32.8 Å². The van der Waals surface area contributed by atoms with Gasteiger partial charge >= 0.3 is 0 Å². The Balaban J connectivity index is 0.780. The van der Waals surface area contributed by atoms with Gasteiger partial charge < -0.3 is 20.4 Å². The summed E-state index contributed by atoms with van der Waals surface area (Å²) in [4.78, 5) is 70.7. The first-order valence-electron chi connectivity index (χ1n) is 20.0. The molecule has 15 heteroatoms. The van der Waals surface area contributed by atoms with Crippen LogP contribution < -0.4 is 20.9 Å². The smallest absolute Gasteiger partial charge is 0.256 e. The van der Waals surface area contributed by atoms with Crippen molar-refractivity contribution in [2.45, 2.75) is 95.1 Å². The topological polar surface area (TPSA) is 158 Å². The van der Waals surface area contributed by atoms with E-state index in [0.717, 1.165) is 69.1 Å². The Bertz CT molecular complexity index is 2120. The van der Waals surface area contributed by atoms with Crippen LogP contribution in [-0.2, 0) is 14.4 Å². The minimum atomic E-state index is -0.718. The highest BCUT2D eigenvalue weighted by atomic mass is 19.1. The Hall–Kier alpha value is -5.73. The molecule has 3 saturated heterocycles. The lowest BCUT2D eigenvalue weighted by Crippen LogP contribution is -2.52. The molecular formula is C42H48F2N8O5. The largest absolute Gasteiger partial charge is 0.352 e. The van der Waals surface area contributed by atoms with E-state index < -0.39 is 23.6 Å². The Labute approximate surface area is 329 Å². The predicted molar refractivity (Wildman–Crippen MR) is 207 cm³/mol. The van der Waals surface area contributed by atoms with Gasteiger partial charge in [0, 0.05) is 56.3 Å². The summed E-state index contributed by atoms with van der Waals surface area (Å²) in [5.41, 5.74) is 2.61. The Morgan fingerprint density at radius 1 is 0.860 bits per heavy atom. The fourth-order valence-electron chi connectivity index (χ4n) is 8.14. The molecule has 0 spiro atoms. The van der Waals surface area contributed by atoms with Crippen LogP contribution >= 0.6 is 0 Å². The van der Waals surface area contributed by atoms with E-state index in [9.17, 15) is 32.8 Å². The number of hydrogen-bond donors (Lipinski definition) is 3. The normalized spacial score (nSPS) is 18.8. The van der Waals surface area contributed by atoms with Gasteiger partial charge in [-0.2, -0.15) is 5.10 Å². The lowest BCUT2D eigenvalue weighted by molar-refractivity contribution is -0.135. The second kappa shape index (κ2) is 18.0. The van der Waals surface area contributed by atoms with Crippen LogP contribution in [0.4, 0.5) is 14.6 Å². The molecule has 2 atom stereocenters. The number of halogens is 2. The van der Waals surface area contributed by atoms with Gasteiger partial charge in [-0.25, -0.2) is 18.3 Å². The molecule has 300 valence electrons. The minimum Gasteiger partial charge on any atom is -0.352 e. The van der Waals surface area contributed by atoms with E-state index in [-0.39, 0.29) is 42.5 Å². The first kappa shape index (κ1) is 39.5. The van der Waals surface area contributed by atoms with Gasteiger partial charge in [0.1, 0.15) is 29.1 Å². The molecule has 3 aliphatic rings. The molecule has 5 heterocycles. The highest BCUT2D eigenvalue weighted by Crippen LogP contribution is 2.37. The second-order valence-electron chi connectivity index (χ2n) is 15.2. The summed E-state index contributed by atoms with van der Waals surface area (Å²) in [6.45, 7) is 2.51. The molecular weight excluding hydrogens is 735 g/mol. The van der Waals surface area contributed by atoms with Crippen LogP contribution in [0.5, 0.6) is 0 Å². The van der Waals surface area contributed by atoms with Crippen molar-refractivity contribution in [1.29, 1.82) is 0 Å². The van der Waals surface area contributed by atoms with Crippen LogP contribution in [0.15, 0.2) is 60.9 Å². The van der Waals surface area contributed by atoms with Crippen LogP contribution in [0.3, 0.4) is 0 Å². The van der Waals surface area contributed by atoms with Crippen LogP contribution in [0.25, 0.3) is 5.65 Å². The first-order valence-corrected chi connectivity index (χ1v) is 20.0. The van der Waals surface area contributed by atoms with E-state index >= 15 is 0 Å². The molecule has 13 nitrogen and oxygen atoms in total. The number of nitrogens with one attached hydrogen (secondary N) is 3. The molecule has 4 aromatic rings. The molecule has 2 aromatic carbocycles. The van der Waals surface area contributed by atoms with Gasteiger partial charge in [0.25, 0.3) is 11.8 Å². The maximum Gasteiger partial charge on any atom is 0.256 e. The maximum absolute atomic E-state index is 14.6. The van der Waals surface area contributed by atoms with Gasteiger partial charge in [-0.15, -0.1) is 0 Å². The Kier molecular flexibility index (Phi) is 12.5. The van der Waals surface area contributed by atoms with Crippen LogP contribution in [0, 0.1) is 11.6 Å². The van der Waals surface area contributed by atoms with Crippen molar-refractivity contribution in [1.82, 2.24) is 35.4 Å². The zero-order chi connectivity index (χ0) is 39.9. The average molecular weight is 783 g/mol. The third-order valence-corrected chi connectivity index (χ3v) is 11.4. The number of aromatic nitrogens is 3. The molecule has 3 N–H and O–H groups in total. The number of unbranched alkanes of at least 4 members (excludes halogenated alkanes) is 4. The molecule has 0 radical (unpaired) electrons. The highest BCUT2D eigenvalue weighted by molar-refractivity contribution is 6.03. The molecule has 0 aliphatic carbocycles. The van der Waals surface area contributed by atoms with Crippen molar-refractivity contribution in [2.75, 3.05) is 31.1 Å². The third-order valence-electron chi connectivity index (χ3n) is 11.4. The predicted octanol–water partition coefficient (Wildman–Crippen LogP) is 5.36. The minimum absolute atomic E-state index is 0.174. The number of hydrogen-bond acceptors (Lipinski definition) is 8. The number of nitrogens with zero attached hydrogens (tertiary/aromatic N) is 5. The van der Waals surface area contributed by atoms with Gasteiger partial charge in [-0.05, 0) is 92.8 Å². The summed E-state index contributed by atoms with van der Waals surface area (Å²) in [7, 11) is 0. The number of imide groups is 1. The van der Waals surface area contributed by atoms with Gasteiger partial charge in [0.2, 0.25) is 17.7 Å². The van der Waals surface area contributed by atoms with E-state index in [4.69, 9.17) is 4.98 Å². The highest BCUT2D eigenvalue weighted by Gasteiger charge is 2.31. The van der Waals surface area contributed by atoms with Crippen LogP contribution in [-0.4, -0.2) is 81.3 Å². The summed E-state index contributed by atoms with van der Waals surface area (Å²) in [6, 6.07) is 11.6. The maximum atomic E-state index is 14.6. The fourth-order valence-corrected chi connectivity index (χ4v) is 8.14. The first-order chi connectivity index (χ1) is 27.6. The molecule has 2 aromatic heterocycles. The number of rotatable bonds is 14. The zero-order valence-electron chi connectivity index (χ0n) is 31.9. The molecule has 5 amide bonds. The van der Waals surface area contributed by atoms with E-state index in [1.807, 2.05) is 21.9 Å². The SMILES string of the molecule is O=C1CCC(NC(=O)c2ccc(C3CCN(C(=O)CCCCCCCNC(=O)c4cnn5ccc(N6CCCC6c6cc(F)ccc6F)nc45)CC3)cc2)C(=O)N1. The van der Waals surface area contributed by atoms with Crippen LogP contribution in [0.2, 0.25) is 0 Å². The molecule has 3 fully saturated rings. The molecule has 3 aliphatic heterocycles. The third kappa shape index (κ3) is 9.46. The number of likely N-dealkylation sites (tertiary alicyclic amines) is 1. The number of fused-ring (bicyclic) bond motifs is 1. The standard InChI is InChI=1S/C42H48F2N8O5/c43-30-13-14-33(44)31(25-30)35-7-6-21-51(35)36-19-24-52-39(48-36)32(26-46-52)41(56)45-20-5-3-1-2-4-8-38(54)50-22-17-28(18-23-50)27-9-11-29(12-10-27)40(55)47-34-15-16-37(53)49-42(34)57/h9-14,19,24-26,28,34-35H,1-8,15-18,20-23H2,(H,45,56)(H,47,55)(H,49,53,57). The Morgan fingerprint density at radius 2 is 1.63 bits per heavy atom. The second-order valence-corrected chi connectivity index (χ2v) is 15.2. The molecule has 0 bridgehead atoms. The summed E-state index contributed by atoms with van der Waals surface area (Å²) >= 11 is 0. The van der Waals surface area contributed by atoms with Gasteiger partial charge in [0.05, 0.1) is 12.2 Å². The summed E-state index contributed by atoms with van der Waals surface area (Å²) in [6.07, 6.45) is 11.8. The van der Waals surface area contributed by atoms with Crippen molar-refractivity contribution in [3.63, 3.8) is 0 Å². The lowest BCUT2D eigenvalue weighted by Gasteiger charge is -2.32. The molecule has 0 saturated carbocycles. The lowest BCUT2D eigenvalue weighted by atomic mass is 9.88. The van der Waals surface area contributed by atoms with Gasteiger partial charge in [0.15, 0.2) is 5.65 Å². The molecule has 7 rings (SSSR count). The van der Waals surface area contributed by atoms with Crippen molar-refractivity contribution >= 4 is 41.0 Å². The quantitative estimate of drug-likeness (QED) is 0.114. The summed E-state index contributed by atoms with van der Waals surface area (Å²) in [5, 5.41) is 12.2. The number of carbonyl (C=O) groups is 5. The summed E-state index contributed by atoms with van der Waals surface area (Å²) in [5.74, 6) is -1.33. The fraction of sp³-hybridized carbons (Fsp3) is 0.452. The van der Waals surface area contributed by atoms with E-state index in [0.29, 0.717) is 73.1 Å². The number of piperidine rings is 2. The number of benzene rings is 2. The molecule has 57 heavy (non-hydrogen) atoms. The van der Waals surface area contributed by atoms with Crippen LogP contribution in [0.1, 0.15) is 121 Å². The summed E-state index contributed by atoms with van der Waals surface area (Å²) < 4.78 is 30.1. The monoisotopic (exact) mass is 782 g/mol. The zero-order valence-corrected chi connectivity index (χ0v) is 31.9. The number of amides is 5. The molecule has 2 unspecified atom stereocenters. The van der Waals surface area contributed by atoms with E-state index in [1.54, 1.807) is 24.4 Å². The van der Waals surface area contributed by atoms with Crippen molar-refractivity contribution in [3.8, 4) is 0 Å². The van der Waals surface area contributed by atoms with E-state index in [2.05, 4.69) is 21.0 Å². The van der Waals surface area contributed by atoms with E-state index in [1.165, 1.54) is 16.8 Å². The number of carbonyl (C=O) groups excluding carboxylic acids is 5. The Morgan fingerprint density at radius 3 is 2.42 bits per heavy atom. The van der Waals surface area contributed by atoms with Crippen molar-refractivity contribution in [2.24, 2.45) is 0 Å².